The minimum absolute atomic E-state index is 0.0892. The molecule has 0 amide bonds. The standard InChI is InChI=1S/C15H22N2O2/c1-11-6-7-13(14(8-11)18-5)19-12(2)9-15(3,10-16)17-4/h6-8,12,17H,9H2,1-5H3. The number of methoxy groups -OCH3 is 1. The summed E-state index contributed by atoms with van der Waals surface area (Å²) >= 11 is 0. The zero-order valence-corrected chi connectivity index (χ0v) is 12.3. The highest BCUT2D eigenvalue weighted by atomic mass is 16.5. The first kappa shape index (κ1) is 15.3. The van der Waals surface area contributed by atoms with E-state index in [9.17, 15) is 0 Å². The predicted octanol–water partition coefficient (Wildman–Crippen LogP) is 2.66. The Labute approximate surface area is 115 Å². The van der Waals surface area contributed by atoms with E-state index in [2.05, 4.69) is 11.4 Å². The molecule has 0 saturated heterocycles. The minimum atomic E-state index is -0.586. The molecule has 4 nitrogen and oxygen atoms in total. The maximum absolute atomic E-state index is 9.14. The zero-order chi connectivity index (χ0) is 14.5. The lowest BCUT2D eigenvalue weighted by Gasteiger charge is -2.25. The van der Waals surface area contributed by atoms with Crippen LogP contribution in [0, 0.1) is 18.3 Å². The van der Waals surface area contributed by atoms with Gasteiger partial charge in [0.25, 0.3) is 0 Å². The zero-order valence-electron chi connectivity index (χ0n) is 12.3. The largest absolute Gasteiger partial charge is 0.493 e. The molecule has 0 heterocycles. The van der Waals surface area contributed by atoms with Crippen LogP contribution in [-0.4, -0.2) is 25.8 Å². The average Bonchev–Trinajstić information content (AvgIpc) is 2.40. The number of ether oxygens (including phenoxy) is 2. The van der Waals surface area contributed by atoms with Crippen LogP contribution in [0.3, 0.4) is 0 Å². The number of rotatable bonds is 6. The van der Waals surface area contributed by atoms with E-state index in [0.717, 1.165) is 11.3 Å². The Balaban J connectivity index is 2.78. The third kappa shape index (κ3) is 4.15. The predicted molar refractivity (Wildman–Crippen MR) is 75.5 cm³/mol. The second-order valence-corrected chi connectivity index (χ2v) is 4.98. The van der Waals surface area contributed by atoms with Gasteiger partial charge < -0.3 is 14.8 Å². The molecule has 0 aliphatic heterocycles. The molecule has 104 valence electrons. The van der Waals surface area contributed by atoms with E-state index in [1.54, 1.807) is 14.2 Å². The van der Waals surface area contributed by atoms with E-state index in [-0.39, 0.29) is 6.10 Å². The summed E-state index contributed by atoms with van der Waals surface area (Å²) in [5.74, 6) is 1.42. The summed E-state index contributed by atoms with van der Waals surface area (Å²) in [5.41, 5.74) is 0.533. The SMILES string of the molecule is CNC(C)(C#N)CC(C)Oc1ccc(C)cc1OC. The van der Waals surface area contributed by atoms with Gasteiger partial charge in [0, 0.05) is 6.42 Å². The highest BCUT2D eigenvalue weighted by Crippen LogP contribution is 2.29. The van der Waals surface area contributed by atoms with Crippen LogP contribution < -0.4 is 14.8 Å². The maximum atomic E-state index is 9.14. The third-order valence-electron chi connectivity index (χ3n) is 3.14. The molecule has 1 rings (SSSR count). The van der Waals surface area contributed by atoms with Gasteiger partial charge in [0.05, 0.1) is 19.3 Å². The first-order valence-electron chi connectivity index (χ1n) is 6.35. The molecule has 2 atom stereocenters. The van der Waals surface area contributed by atoms with Crippen LogP contribution in [0.25, 0.3) is 0 Å². The Morgan fingerprint density at radius 2 is 2.11 bits per heavy atom. The topological polar surface area (TPSA) is 54.3 Å². The number of hydrogen-bond acceptors (Lipinski definition) is 4. The molecule has 0 spiro atoms. The Morgan fingerprint density at radius 3 is 2.63 bits per heavy atom. The number of hydrogen-bond donors (Lipinski definition) is 1. The number of nitriles is 1. The lowest BCUT2D eigenvalue weighted by Crippen LogP contribution is -2.41. The van der Waals surface area contributed by atoms with Gasteiger partial charge in [-0.05, 0) is 45.5 Å². The van der Waals surface area contributed by atoms with Gasteiger partial charge in [0.1, 0.15) is 5.54 Å². The van der Waals surface area contributed by atoms with Crippen LogP contribution in [0.5, 0.6) is 11.5 Å². The highest BCUT2D eigenvalue weighted by molar-refractivity contribution is 5.42. The lowest BCUT2D eigenvalue weighted by molar-refractivity contribution is 0.176. The molecular formula is C15H22N2O2. The Hall–Kier alpha value is -1.73. The summed E-state index contributed by atoms with van der Waals surface area (Å²) in [6.45, 7) is 5.81. The highest BCUT2D eigenvalue weighted by Gasteiger charge is 2.25. The van der Waals surface area contributed by atoms with Gasteiger partial charge in [-0.2, -0.15) is 5.26 Å². The van der Waals surface area contributed by atoms with E-state index >= 15 is 0 Å². The third-order valence-corrected chi connectivity index (χ3v) is 3.14. The first-order valence-corrected chi connectivity index (χ1v) is 6.35. The molecule has 0 saturated carbocycles. The average molecular weight is 262 g/mol. The van der Waals surface area contributed by atoms with Crippen LogP contribution >= 0.6 is 0 Å². The quantitative estimate of drug-likeness (QED) is 0.856. The van der Waals surface area contributed by atoms with Gasteiger partial charge in [-0.25, -0.2) is 0 Å². The van der Waals surface area contributed by atoms with E-state index in [1.165, 1.54) is 0 Å². The number of nitrogens with zero attached hydrogens (tertiary/aromatic N) is 1. The Kier molecular flexibility index (Phi) is 5.20. The van der Waals surface area contributed by atoms with Crippen molar-refractivity contribution in [1.29, 1.82) is 5.26 Å². The molecule has 0 bridgehead atoms. The van der Waals surface area contributed by atoms with Gasteiger partial charge in [-0.3, -0.25) is 0 Å². The summed E-state index contributed by atoms with van der Waals surface area (Å²) in [6.07, 6.45) is 0.505. The summed E-state index contributed by atoms with van der Waals surface area (Å²) in [5, 5.41) is 12.2. The van der Waals surface area contributed by atoms with Crippen molar-refractivity contribution in [3.8, 4) is 17.6 Å². The molecule has 0 radical (unpaired) electrons. The molecule has 0 aliphatic carbocycles. The van der Waals surface area contributed by atoms with Crippen LogP contribution in [0.1, 0.15) is 25.8 Å². The number of aryl methyl sites for hydroxylation is 1. The first-order chi connectivity index (χ1) is 8.94. The van der Waals surface area contributed by atoms with E-state index in [0.29, 0.717) is 12.2 Å². The van der Waals surface area contributed by atoms with Crippen LogP contribution in [0.15, 0.2) is 18.2 Å². The molecule has 19 heavy (non-hydrogen) atoms. The van der Waals surface area contributed by atoms with Crippen molar-refractivity contribution in [2.75, 3.05) is 14.2 Å². The Morgan fingerprint density at radius 1 is 1.42 bits per heavy atom. The van der Waals surface area contributed by atoms with Gasteiger partial charge in [0.15, 0.2) is 11.5 Å². The van der Waals surface area contributed by atoms with E-state index in [4.69, 9.17) is 14.7 Å². The van der Waals surface area contributed by atoms with Crippen molar-refractivity contribution in [2.45, 2.75) is 38.8 Å². The van der Waals surface area contributed by atoms with Crippen LogP contribution in [0.2, 0.25) is 0 Å². The summed E-state index contributed by atoms with van der Waals surface area (Å²) < 4.78 is 11.2. The lowest BCUT2D eigenvalue weighted by atomic mass is 9.97. The minimum Gasteiger partial charge on any atom is -0.493 e. The molecule has 4 heteroatoms. The van der Waals surface area contributed by atoms with Crippen molar-refractivity contribution >= 4 is 0 Å². The number of nitrogens with one attached hydrogen (secondary N) is 1. The summed E-state index contributed by atoms with van der Waals surface area (Å²) in [4.78, 5) is 0. The van der Waals surface area contributed by atoms with Gasteiger partial charge >= 0.3 is 0 Å². The van der Waals surface area contributed by atoms with Crippen molar-refractivity contribution in [2.24, 2.45) is 0 Å². The van der Waals surface area contributed by atoms with Gasteiger partial charge in [-0.15, -0.1) is 0 Å². The van der Waals surface area contributed by atoms with E-state index < -0.39 is 5.54 Å². The van der Waals surface area contributed by atoms with Gasteiger partial charge in [-0.1, -0.05) is 6.07 Å². The van der Waals surface area contributed by atoms with Gasteiger partial charge in [0.2, 0.25) is 0 Å². The normalized spacial score (nSPS) is 15.2. The molecule has 0 aromatic heterocycles. The molecule has 1 aromatic carbocycles. The number of benzene rings is 1. The monoisotopic (exact) mass is 262 g/mol. The summed E-state index contributed by atoms with van der Waals surface area (Å²) in [6, 6.07) is 8.07. The fraction of sp³-hybridized carbons (Fsp3) is 0.533. The summed E-state index contributed by atoms with van der Waals surface area (Å²) in [7, 11) is 3.40. The molecule has 2 unspecified atom stereocenters. The second-order valence-electron chi connectivity index (χ2n) is 4.98. The van der Waals surface area contributed by atoms with Crippen molar-refractivity contribution < 1.29 is 9.47 Å². The van der Waals surface area contributed by atoms with E-state index in [1.807, 2.05) is 39.0 Å². The second kappa shape index (κ2) is 6.44. The molecule has 0 fully saturated rings. The van der Waals surface area contributed by atoms with Crippen molar-refractivity contribution in [1.82, 2.24) is 5.32 Å². The van der Waals surface area contributed by atoms with Crippen molar-refractivity contribution in [3.05, 3.63) is 23.8 Å². The molecule has 1 aromatic rings. The molecule has 0 aliphatic rings. The molecular weight excluding hydrogens is 240 g/mol. The van der Waals surface area contributed by atoms with Crippen molar-refractivity contribution in [3.63, 3.8) is 0 Å². The van der Waals surface area contributed by atoms with Crippen LogP contribution in [-0.2, 0) is 0 Å². The fourth-order valence-electron chi connectivity index (χ4n) is 1.91. The Bertz CT molecular complexity index is 468. The van der Waals surface area contributed by atoms with Crippen LogP contribution in [0.4, 0.5) is 0 Å². The maximum Gasteiger partial charge on any atom is 0.161 e. The molecule has 1 N–H and O–H groups in total. The fourth-order valence-corrected chi connectivity index (χ4v) is 1.91. The smallest absolute Gasteiger partial charge is 0.161 e.